The maximum absolute atomic E-state index is 12.4. The smallest absolute Gasteiger partial charge is 0.212 e. The number of carbonyl (C=O) groups excluding carboxylic acids is 2. The summed E-state index contributed by atoms with van der Waals surface area (Å²) in [6.07, 6.45) is 2.36. The lowest BCUT2D eigenvalue weighted by Crippen LogP contribution is -2.19. The number of fused-ring (bicyclic) bond motifs is 2. The fourth-order valence-corrected chi connectivity index (χ4v) is 2.72. The molecule has 1 unspecified atom stereocenters. The summed E-state index contributed by atoms with van der Waals surface area (Å²) in [5, 5.41) is 8.82. The molecule has 0 radical (unpaired) electrons. The number of H-pyrrole nitrogens is 2. The van der Waals surface area contributed by atoms with Crippen LogP contribution < -0.4 is 0 Å². The SMILES string of the molecule is C=C(CCCO)OC(C)c1cc2c([nH]1)C(=O)c1cc[nH]c1C2=O. The maximum atomic E-state index is 12.4. The van der Waals surface area contributed by atoms with Crippen LogP contribution in [0.4, 0.5) is 0 Å². The van der Waals surface area contributed by atoms with Crippen molar-refractivity contribution in [1.82, 2.24) is 9.97 Å². The second kappa shape index (κ2) is 5.89. The molecule has 6 nitrogen and oxygen atoms in total. The molecule has 120 valence electrons. The highest BCUT2D eigenvalue weighted by atomic mass is 16.5. The fourth-order valence-electron chi connectivity index (χ4n) is 2.72. The number of ketones is 2. The van der Waals surface area contributed by atoms with Crippen molar-refractivity contribution in [3.8, 4) is 0 Å². The minimum atomic E-state index is -0.370. The van der Waals surface area contributed by atoms with Gasteiger partial charge in [0.25, 0.3) is 0 Å². The first-order valence-electron chi connectivity index (χ1n) is 7.48. The van der Waals surface area contributed by atoms with Gasteiger partial charge in [0.15, 0.2) is 0 Å². The van der Waals surface area contributed by atoms with Crippen LogP contribution in [0.2, 0.25) is 0 Å². The van der Waals surface area contributed by atoms with Crippen LogP contribution >= 0.6 is 0 Å². The standard InChI is InChI=1S/C17H18N2O4/c1-9(4-3-7-20)23-10(2)13-8-12-15(19-13)16(21)11-5-6-18-14(11)17(12)22/h5-6,8,10,18-20H,1,3-4,7H2,2H3. The quantitative estimate of drug-likeness (QED) is 0.609. The van der Waals surface area contributed by atoms with Gasteiger partial charge in [-0.15, -0.1) is 0 Å². The molecule has 23 heavy (non-hydrogen) atoms. The number of hydrogen-bond donors (Lipinski definition) is 3. The van der Waals surface area contributed by atoms with E-state index < -0.39 is 0 Å². The Morgan fingerprint density at radius 1 is 1.30 bits per heavy atom. The van der Waals surface area contributed by atoms with Crippen LogP contribution in [0.1, 0.15) is 63.7 Å². The molecule has 1 aliphatic carbocycles. The topological polar surface area (TPSA) is 95.2 Å². The molecule has 0 saturated heterocycles. The molecule has 0 saturated carbocycles. The molecule has 0 spiro atoms. The van der Waals surface area contributed by atoms with Crippen LogP contribution in [-0.2, 0) is 4.74 Å². The van der Waals surface area contributed by atoms with E-state index in [9.17, 15) is 9.59 Å². The van der Waals surface area contributed by atoms with E-state index in [2.05, 4.69) is 16.5 Å². The minimum absolute atomic E-state index is 0.0777. The molecule has 1 atom stereocenters. The molecule has 6 heteroatoms. The lowest BCUT2D eigenvalue weighted by molar-refractivity contribution is 0.0974. The molecule has 0 amide bonds. The molecule has 0 bridgehead atoms. The number of rotatable bonds is 6. The van der Waals surface area contributed by atoms with Crippen LogP contribution in [0, 0.1) is 0 Å². The summed E-state index contributed by atoms with van der Waals surface area (Å²) in [5.74, 6) is 0.156. The third kappa shape index (κ3) is 2.61. The van der Waals surface area contributed by atoms with Crippen molar-refractivity contribution < 1.29 is 19.4 Å². The highest BCUT2D eigenvalue weighted by Crippen LogP contribution is 2.30. The van der Waals surface area contributed by atoms with Crippen molar-refractivity contribution in [2.75, 3.05) is 6.61 Å². The van der Waals surface area contributed by atoms with Crippen molar-refractivity contribution in [1.29, 1.82) is 0 Å². The van der Waals surface area contributed by atoms with Gasteiger partial charge in [0.1, 0.15) is 6.10 Å². The monoisotopic (exact) mass is 314 g/mol. The molecule has 2 heterocycles. The van der Waals surface area contributed by atoms with Crippen molar-refractivity contribution in [3.05, 3.63) is 58.9 Å². The van der Waals surface area contributed by atoms with Crippen LogP contribution in [0.25, 0.3) is 0 Å². The number of hydrogen-bond acceptors (Lipinski definition) is 4. The summed E-state index contributed by atoms with van der Waals surface area (Å²) in [5.41, 5.74) is 2.02. The summed E-state index contributed by atoms with van der Waals surface area (Å²) in [4.78, 5) is 30.7. The Balaban J connectivity index is 1.83. The van der Waals surface area contributed by atoms with Crippen LogP contribution in [-0.4, -0.2) is 33.2 Å². The Hall–Kier alpha value is -2.60. The molecule has 0 aliphatic heterocycles. The van der Waals surface area contributed by atoms with E-state index in [0.29, 0.717) is 46.8 Å². The van der Waals surface area contributed by atoms with Gasteiger partial charge < -0.3 is 19.8 Å². The average Bonchev–Trinajstić information content (AvgIpc) is 3.17. The number of carbonyl (C=O) groups is 2. The summed E-state index contributed by atoms with van der Waals surface area (Å²) in [6.45, 7) is 5.70. The van der Waals surface area contributed by atoms with Crippen molar-refractivity contribution >= 4 is 11.6 Å². The van der Waals surface area contributed by atoms with E-state index in [1.54, 1.807) is 18.3 Å². The molecular formula is C17H18N2O4. The Labute approximate surface area is 133 Å². The number of nitrogens with one attached hydrogen (secondary N) is 2. The Morgan fingerprint density at radius 3 is 2.78 bits per heavy atom. The van der Waals surface area contributed by atoms with Gasteiger partial charge in [-0.2, -0.15) is 0 Å². The van der Waals surface area contributed by atoms with Gasteiger partial charge in [-0.25, -0.2) is 0 Å². The zero-order chi connectivity index (χ0) is 16.6. The number of aromatic nitrogens is 2. The molecule has 2 aromatic rings. The van der Waals surface area contributed by atoms with Gasteiger partial charge in [-0.1, -0.05) is 6.58 Å². The number of aromatic amines is 2. The highest BCUT2D eigenvalue weighted by molar-refractivity contribution is 6.27. The lowest BCUT2D eigenvalue weighted by atomic mass is 9.94. The first kappa shape index (κ1) is 15.3. The molecule has 3 N–H and O–H groups in total. The largest absolute Gasteiger partial charge is 0.489 e. The summed E-state index contributed by atoms with van der Waals surface area (Å²) in [6, 6.07) is 3.26. The zero-order valence-corrected chi connectivity index (χ0v) is 12.8. The third-order valence-electron chi connectivity index (χ3n) is 3.92. The number of ether oxygens (including phenoxy) is 1. The molecular weight excluding hydrogens is 296 g/mol. The van der Waals surface area contributed by atoms with Gasteiger partial charge in [-0.05, 0) is 25.5 Å². The van der Waals surface area contributed by atoms with Gasteiger partial charge in [-0.3, -0.25) is 9.59 Å². The summed E-state index contributed by atoms with van der Waals surface area (Å²) >= 11 is 0. The normalized spacial score (nSPS) is 14.3. The van der Waals surface area contributed by atoms with E-state index in [0.717, 1.165) is 0 Å². The average molecular weight is 314 g/mol. The molecule has 3 rings (SSSR count). The first-order chi connectivity index (χ1) is 11.0. The Kier molecular flexibility index (Phi) is 3.92. The highest BCUT2D eigenvalue weighted by Gasteiger charge is 2.33. The van der Waals surface area contributed by atoms with Crippen molar-refractivity contribution in [2.24, 2.45) is 0 Å². The number of aliphatic hydroxyl groups is 1. The van der Waals surface area contributed by atoms with Crippen LogP contribution in [0.15, 0.2) is 30.7 Å². The second-order valence-corrected chi connectivity index (χ2v) is 5.56. The lowest BCUT2D eigenvalue weighted by Gasteiger charge is -2.15. The zero-order valence-electron chi connectivity index (χ0n) is 12.8. The summed E-state index contributed by atoms with van der Waals surface area (Å²) in [7, 11) is 0. The third-order valence-corrected chi connectivity index (χ3v) is 3.92. The molecule has 1 aliphatic rings. The number of allylic oxidation sites excluding steroid dienone is 1. The Morgan fingerprint density at radius 2 is 2.04 bits per heavy atom. The van der Waals surface area contributed by atoms with Gasteiger partial charge in [0.2, 0.25) is 11.6 Å². The molecule has 0 aromatic carbocycles. The molecule has 0 fully saturated rings. The van der Waals surface area contributed by atoms with E-state index in [1.807, 2.05) is 6.92 Å². The fraction of sp³-hybridized carbons (Fsp3) is 0.294. The molecule has 2 aromatic heterocycles. The second-order valence-electron chi connectivity index (χ2n) is 5.56. The van der Waals surface area contributed by atoms with E-state index in [1.165, 1.54) is 0 Å². The van der Waals surface area contributed by atoms with Gasteiger partial charge in [0.05, 0.1) is 34.0 Å². The predicted molar refractivity (Wildman–Crippen MR) is 83.4 cm³/mol. The minimum Gasteiger partial charge on any atom is -0.489 e. The predicted octanol–water partition coefficient (Wildman–Crippen LogP) is 2.48. The van der Waals surface area contributed by atoms with E-state index in [4.69, 9.17) is 9.84 Å². The van der Waals surface area contributed by atoms with Crippen molar-refractivity contribution in [3.63, 3.8) is 0 Å². The van der Waals surface area contributed by atoms with Gasteiger partial charge in [0, 0.05) is 19.2 Å². The van der Waals surface area contributed by atoms with Crippen LogP contribution in [0.3, 0.4) is 0 Å². The van der Waals surface area contributed by atoms with E-state index in [-0.39, 0.29) is 24.3 Å². The van der Waals surface area contributed by atoms with Crippen LogP contribution in [0.5, 0.6) is 0 Å². The summed E-state index contributed by atoms with van der Waals surface area (Å²) < 4.78 is 5.68. The van der Waals surface area contributed by atoms with Crippen molar-refractivity contribution in [2.45, 2.75) is 25.9 Å². The van der Waals surface area contributed by atoms with Gasteiger partial charge >= 0.3 is 0 Å². The number of aliphatic hydroxyl groups excluding tert-OH is 1. The Bertz CT molecular complexity index is 736. The van der Waals surface area contributed by atoms with E-state index >= 15 is 0 Å². The maximum Gasteiger partial charge on any atom is 0.212 e. The first-order valence-corrected chi connectivity index (χ1v) is 7.48.